The highest BCUT2D eigenvalue weighted by molar-refractivity contribution is 4.87. The molecular formula is C18H34N2O. The van der Waals surface area contributed by atoms with Gasteiger partial charge >= 0.3 is 0 Å². The van der Waals surface area contributed by atoms with Crippen LogP contribution in [-0.4, -0.2) is 47.3 Å². The second kappa shape index (κ2) is 7.43. The number of rotatable bonds is 3. The topological polar surface area (TPSA) is 35.5 Å². The van der Waals surface area contributed by atoms with Crippen molar-refractivity contribution >= 4 is 0 Å². The lowest BCUT2D eigenvalue weighted by atomic mass is 9.85. The Balaban J connectivity index is 1.38. The summed E-state index contributed by atoms with van der Waals surface area (Å²) in [6, 6.07) is 2.27. The van der Waals surface area contributed by atoms with Crippen LogP contribution >= 0.6 is 0 Å². The fraction of sp³-hybridized carbons (Fsp3) is 1.00. The number of piperidine rings is 1. The molecule has 2 N–H and O–H groups in total. The Hall–Kier alpha value is -0.120. The van der Waals surface area contributed by atoms with E-state index >= 15 is 0 Å². The van der Waals surface area contributed by atoms with Crippen LogP contribution in [0.25, 0.3) is 0 Å². The van der Waals surface area contributed by atoms with Gasteiger partial charge in [0, 0.05) is 18.1 Å². The van der Waals surface area contributed by atoms with Gasteiger partial charge in [0.2, 0.25) is 0 Å². The molecule has 122 valence electrons. The highest BCUT2D eigenvalue weighted by Crippen LogP contribution is 2.29. The second-order valence-electron chi connectivity index (χ2n) is 7.91. The van der Waals surface area contributed by atoms with Crippen LogP contribution in [-0.2, 0) is 0 Å². The summed E-state index contributed by atoms with van der Waals surface area (Å²) < 4.78 is 0. The molecule has 3 heteroatoms. The van der Waals surface area contributed by atoms with Crippen molar-refractivity contribution in [1.82, 2.24) is 10.2 Å². The van der Waals surface area contributed by atoms with Gasteiger partial charge in [-0.1, -0.05) is 19.8 Å². The molecule has 0 bridgehead atoms. The van der Waals surface area contributed by atoms with E-state index < -0.39 is 0 Å². The van der Waals surface area contributed by atoms with E-state index in [1.54, 1.807) is 0 Å². The molecule has 1 aliphatic heterocycles. The van der Waals surface area contributed by atoms with Gasteiger partial charge in [0.1, 0.15) is 0 Å². The Morgan fingerprint density at radius 1 is 0.857 bits per heavy atom. The zero-order chi connectivity index (χ0) is 14.7. The summed E-state index contributed by atoms with van der Waals surface area (Å²) in [6.07, 6.45) is 12.7. The molecule has 3 fully saturated rings. The smallest absolute Gasteiger partial charge is 0.0541 e. The zero-order valence-electron chi connectivity index (χ0n) is 13.8. The Bertz CT molecular complexity index is 306. The summed E-state index contributed by atoms with van der Waals surface area (Å²) in [5.41, 5.74) is 0. The molecule has 0 aromatic rings. The maximum atomic E-state index is 9.60. The SMILES string of the molecule is CC1CCCC(N2CCC(NC3CCC(O)CC3)CC2)C1. The average molecular weight is 294 g/mol. The molecule has 0 spiro atoms. The predicted molar refractivity (Wildman–Crippen MR) is 87.4 cm³/mol. The van der Waals surface area contributed by atoms with Crippen molar-refractivity contribution in [2.45, 2.75) is 95.4 Å². The fourth-order valence-corrected chi connectivity index (χ4v) is 4.74. The summed E-state index contributed by atoms with van der Waals surface area (Å²) in [4.78, 5) is 2.78. The molecule has 3 aliphatic rings. The third-order valence-corrected chi connectivity index (χ3v) is 6.12. The predicted octanol–water partition coefficient (Wildman–Crippen LogP) is 2.92. The van der Waals surface area contributed by atoms with Gasteiger partial charge in [-0.3, -0.25) is 0 Å². The van der Waals surface area contributed by atoms with Gasteiger partial charge in [-0.05, 0) is 70.4 Å². The molecule has 0 amide bonds. The Morgan fingerprint density at radius 2 is 1.52 bits per heavy atom. The molecule has 2 atom stereocenters. The number of aliphatic hydroxyl groups excluding tert-OH is 1. The van der Waals surface area contributed by atoms with E-state index in [9.17, 15) is 5.11 Å². The van der Waals surface area contributed by atoms with E-state index in [0.29, 0.717) is 6.04 Å². The highest BCUT2D eigenvalue weighted by atomic mass is 16.3. The fourth-order valence-electron chi connectivity index (χ4n) is 4.74. The van der Waals surface area contributed by atoms with Gasteiger partial charge in [0.15, 0.2) is 0 Å². The number of nitrogens with one attached hydrogen (secondary N) is 1. The van der Waals surface area contributed by atoms with Gasteiger partial charge in [-0.2, -0.15) is 0 Å². The molecule has 3 rings (SSSR count). The van der Waals surface area contributed by atoms with Crippen LogP contribution < -0.4 is 5.32 Å². The molecule has 21 heavy (non-hydrogen) atoms. The van der Waals surface area contributed by atoms with Crippen molar-refractivity contribution in [3.05, 3.63) is 0 Å². The normalized spacial score (nSPS) is 40.3. The Labute approximate surface area is 130 Å². The standard InChI is InChI=1S/C18H34N2O/c1-14-3-2-4-17(13-14)20-11-9-16(10-12-20)19-15-5-7-18(21)8-6-15/h14-19,21H,2-13H2,1H3. The van der Waals surface area contributed by atoms with Crippen LogP contribution in [0.15, 0.2) is 0 Å². The van der Waals surface area contributed by atoms with Gasteiger partial charge < -0.3 is 15.3 Å². The minimum atomic E-state index is -0.0295. The molecular weight excluding hydrogens is 260 g/mol. The first kappa shape index (κ1) is 15.8. The van der Waals surface area contributed by atoms with Crippen LogP contribution in [0.1, 0.15) is 71.1 Å². The zero-order valence-corrected chi connectivity index (χ0v) is 13.8. The van der Waals surface area contributed by atoms with Crippen molar-refractivity contribution in [3.63, 3.8) is 0 Å². The average Bonchev–Trinajstić information content (AvgIpc) is 2.50. The number of aliphatic hydroxyl groups is 1. The molecule has 2 saturated carbocycles. The second-order valence-corrected chi connectivity index (χ2v) is 7.91. The summed E-state index contributed by atoms with van der Waals surface area (Å²) in [5, 5.41) is 13.5. The third-order valence-electron chi connectivity index (χ3n) is 6.12. The van der Waals surface area contributed by atoms with E-state index in [4.69, 9.17) is 0 Å². The number of nitrogens with zero attached hydrogens (tertiary/aromatic N) is 1. The minimum Gasteiger partial charge on any atom is -0.393 e. The van der Waals surface area contributed by atoms with Crippen LogP contribution in [0, 0.1) is 5.92 Å². The first-order valence-corrected chi connectivity index (χ1v) is 9.39. The van der Waals surface area contributed by atoms with E-state index in [0.717, 1.165) is 30.8 Å². The van der Waals surface area contributed by atoms with Crippen molar-refractivity contribution in [2.24, 2.45) is 5.92 Å². The van der Waals surface area contributed by atoms with E-state index in [1.807, 2.05) is 0 Å². The lowest BCUT2D eigenvalue weighted by Crippen LogP contribution is -2.50. The summed E-state index contributed by atoms with van der Waals surface area (Å²) in [7, 11) is 0. The molecule has 2 unspecified atom stereocenters. The largest absolute Gasteiger partial charge is 0.393 e. The van der Waals surface area contributed by atoms with E-state index in [2.05, 4.69) is 17.1 Å². The molecule has 1 heterocycles. The van der Waals surface area contributed by atoms with Crippen molar-refractivity contribution in [3.8, 4) is 0 Å². The molecule has 3 nitrogen and oxygen atoms in total. The van der Waals surface area contributed by atoms with Crippen LogP contribution in [0.2, 0.25) is 0 Å². The van der Waals surface area contributed by atoms with Crippen LogP contribution in [0.4, 0.5) is 0 Å². The third kappa shape index (κ3) is 4.43. The maximum absolute atomic E-state index is 9.60. The van der Waals surface area contributed by atoms with Crippen molar-refractivity contribution in [1.29, 1.82) is 0 Å². The van der Waals surface area contributed by atoms with Gasteiger partial charge in [-0.25, -0.2) is 0 Å². The van der Waals surface area contributed by atoms with Crippen molar-refractivity contribution < 1.29 is 5.11 Å². The number of hydrogen-bond donors (Lipinski definition) is 2. The minimum absolute atomic E-state index is 0.0295. The quantitative estimate of drug-likeness (QED) is 0.840. The van der Waals surface area contributed by atoms with Gasteiger partial charge in [0.25, 0.3) is 0 Å². The molecule has 1 saturated heterocycles. The van der Waals surface area contributed by atoms with E-state index in [-0.39, 0.29) is 6.10 Å². The van der Waals surface area contributed by atoms with E-state index in [1.165, 1.54) is 64.5 Å². The molecule has 2 aliphatic carbocycles. The van der Waals surface area contributed by atoms with Crippen LogP contribution in [0.3, 0.4) is 0 Å². The lowest BCUT2D eigenvalue weighted by Gasteiger charge is -2.42. The maximum Gasteiger partial charge on any atom is 0.0541 e. The highest BCUT2D eigenvalue weighted by Gasteiger charge is 2.29. The lowest BCUT2D eigenvalue weighted by molar-refractivity contribution is 0.0870. The summed E-state index contributed by atoms with van der Waals surface area (Å²) in [5.74, 6) is 0.938. The first-order valence-electron chi connectivity index (χ1n) is 9.39. The van der Waals surface area contributed by atoms with Crippen LogP contribution in [0.5, 0.6) is 0 Å². The summed E-state index contributed by atoms with van der Waals surface area (Å²) in [6.45, 7) is 5.02. The first-order chi connectivity index (χ1) is 10.2. The molecule has 0 aromatic carbocycles. The number of likely N-dealkylation sites (tertiary alicyclic amines) is 1. The summed E-state index contributed by atoms with van der Waals surface area (Å²) >= 11 is 0. The molecule has 0 aromatic heterocycles. The Kier molecular flexibility index (Phi) is 5.58. The monoisotopic (exact) mass is 294 g/mol. The van der Waals surface area contributed by atoms with Gasteiger partial charge in [0.05, 0.1) is 6.10 Å². The number of hydrogen-bond acceptors (Lipinski definition) is 3. The van der Waals surface area contributed by atoms with Gasteiger partial charge in [-0.15, -0.1) is 0 Å². The molecule has 0 radical (unpaired) electrons. The van der Waals surface area contributed by atoms with Crippen molar-refractivity contribution in [2.75, 3.05) is 13.1 Å². The Morgan fingerprint density at radius 3 is 2.19 bits per heavy atom.